The first kappa shape index (κ1) is 30.9. The topological polar surface area (TPSA) is 57.2 Å². The number of hydrogen-bond donors (Lipinski definition) is 0. The average Bonchev–Trinajstić information content (AvgIpc) is 2.85. The van der Waals surface area contributed by atoms with Crippen LogP contribution in [0.2, 0.25) is 0 Å². The van der Waals surface area contributed by atoms with Gasteiger partial charge in [0.1, 0.15) is 18.0 Å². The van der Waals surface area contributed by atoms with Crippen LogP contribution in [0, 0.1) is 11.7 Å². The van der Waals surface area contributed by atoms with E-state index in [-0.39, 0.29) is 42.6 Å². The zero-order chi connectivity index (χ0) is 26.3. The number of benzene rings is 2. The number of fused-ring (bicyclic) bond motifs is 1. The van der Waals surface area contributed by atoms with E-state index in [0.29, 0.717) is 25.0 Å². The standard InChI is InChI=1S/C29H40FNO5.ClH/c1-20(2)28-24-9-8-23(30)18-22(24)11-13-29(28,36-27(32)19-33-4)14-16-31(3)15-12-21-7-10-25(34-5)26(17-21)35-6;/h7-10,17-18,20,28H,11-16,19H2,1-6H3;1H/t28-,29-;/m0./s1. The van der Waals surface area contributed by atoms with Gasteiger partial charge in [-0.25, -0.2) is 9.18 Å². The van der Waals surface area contributed by atoms with E-state index in [1.165, 1.54) is 13.2 Å². The highest BCUT2D eigenvalue weighted by molar-refractivity contribution is 5.85. The van der Waals surface area contributed by atoms with Gasteiger partial charge in [-0.3, -0.25) is 0 Å². The summed E-state index contributed by atoms with van der Waals surface area (Å²) in [7, 11) is 6.85. The lowest BCUT2D eigenvalue weighted by atomic mass is 9.65. The number of carbonyl (C=O) groups excluding carboxylic acids is 1. The van der Waals surface area contributed by atoms with Crippen LogP contribution in [0.1, 0.15) is 49.3 Å². The van der Waals surface area contributed by atoms with Gasteiger partial charge < -0.3 is 23.8 Å². The van der Waals surface area contributed by atoms with Crippen LogP contribution in [0.3, 0.4) is 0 Å². The summed E-state index contributed by atoms with van der Waals surface area (Å²) < 4.78 is 36.0. The van der Waals surface area contributed by atoms with Gasteiger partial charge in [-0.15, -0.1) is 12.4 Å². The largest absolute Gasteiger partial charge is 0.493 e. The van der Waals surface area contributed by atoms with Gasteiger partial charge in [-0.2, -0.15) is 0 Å². The minimum Gasteiger partial charge on any atom is -0.493 e. The number of methoxy groups -OCH3 is 3. The SMILES string of the molecule is COCC(=O)O[C@]1(CCN(C)CCc2ccc(OC)c(OC)c2)CCc2cc(F)ccc2[C@@H]1C(C)C.Cl. The molecule has 2 atom stereocenters. The number of rotatable bonds is 12. The van der Waals surface area contributed by atoms with Gasteiger partial charge in [-0.05, 0) is 73.2 Å². The Labute approximate surface area is 226 Å². The van der Waals surface area contributed by atoms with E-state index < -0.39 is 5.60 Å². The Balaban J connectivity index is 0.00000481. The molecule has 0 radical (unpaired) electrons. The third kappa shape index (κ3) is 7.59. The molecule has 0 N–H and O–H groups in total. The maximum atomic E-state index is 14.0. The van der Waals surface area contributed by atoms with Crippen molar-refractivity contribution in [1.82, 2.24) is 4.90 Å². The number of carbonyl (C=O) groups is 1. The van der Waals surface area contributed by atoms with Crippen molar-refractivity contribution in [3.05, 3.63) is 58.9 Å². The lowest BCUT2D eigenvalue weighted by Crippen LogP contribution is -2.49. The van der Waals surface area contributed by atoms with Crippen LogP contribution >= 0.6 is 12.4 Å². The lowest BCUT2D eigenvalue weighted by molar-refractivity contribution is -0.172. The Kier molecular flexibility index (Phi) is 11.7. The van der Waals surface area contributed by atoms with Crippen molar-refractivity contribution in [3.8, 4) is 11.5 Å². The van der Waals surface area contributed by atoms with Gasteiger partial charge in [0.05, 0.1) is 14.2 Å². The number of nitrogens with zero attached hydrogens (tertiary/aromatic N) is 1. The Morgan fingerprint density at radius 1 is 1.08 bits per heavy atom. The molecule has 0 saturated heterocycles. The van der Waals surface area contributed by atoms with E-state index in [4.69, 9.17) is 18.9 Å². The van der Waals surface area contributed by atoms with Crippen LogP contribution < -0.4 is 9.47 Å². The predicted octanol–water partition coefficient (Wildman–Crippen LogP) is 5.44. The maximum Gasteiger partial charge on any atom is 0.332 e. The molecule has 0 amide bonds. The quantitative estimate of drug-likeness (QED) is 0.336. The molecule has 6 nitrogen and oxygen atoms in total. The van der Waals surface area contributed by atoms with Crippen LogP contribution in [0.4, 0.5) is 4.39 Å². The molecule has 1 aliphatic rings. The smallest absolute Gasteiger partial charge is 0.332 e. The molecule has 0 bridgehead atoms. The molecule has 2 aromatic carbocycles. The molecule has 206 valence electrons. The summed E-state index contributed by atoms with van der Waals surface area (Å²) in [5.74, 6) is 1.03. The van der Waals surface area contributed by atoms with Gasteiger partial charge in [0, 0.05) is 32.5 Å². The monoisotopic (exact) mass is 537 g/mol. The molecule has 0 aromatic heterocycles. The summed E-state index contributed by atoms with van der Waals surface area (Å²) in [6.45, 7) is 5.79. The summed E-state index contributed by atoms with van der Waals surface area (Å²) in [5, 5.41) is 0. The molecule has 8 heteroatoms. The highest BCUT2D eigenvalue weighted by Gasteiger charge is 2.47. The Morgan fingerprint density at radius 2 is 1.81 bits per heavy atom. The van der Waals surface area contributed by atoms with Gasteiger partial charge in [0.15, 0.2) is 11.5 Å². The van der Waals surface area contributed by atoms with Crippen LogP contribution in [0.25, 0.3) is 0 Å². The minimum absolute atomic E-state index is 0. The van der Waals surface area contributed by atoms with Crippen LogP contribution in [-0.2, 0) is 27.1 Å². The van der Waals surface area contributed by atoms with E-state index >= 15 is 0 Å². The number of likely N-dealkylation sites (N-methyl/N-ethyl adjacent to an activating group) is 1. The highest BCUT2D eigenvalue weighted by atomic mass is 35.5. The van der Waals surface area contributed by atoms with E-state index in [2.05, 4.69) is 31.9 Å². The number of esters is 1. The van der Waals surface area contributed by atoms with Crippen molar-refractivity contribution < 1.29 is 28.1 Å². The van der Waals surface area contributed by atoms with Gasteiger partial charge in [-0.1, -0.05) is 26.0 Å². The van der Waals surface area contributed by atoms with Gasteiger partial charge in [0.2, 0.25) is 0 Å². The fraction of sp³-hybridized carbons (Fsp3) is 0.552. The van der Waals surface area contributed by atoms with Crippen molar-refractivity contribution in [2.45, 2.75) is 51.0 Å². The first-order chi connectivity index (χ1) is 17.2. The van der Waals surface area contributed by atoms with Crippen molar-refractivity contribution in [2.24, 2.45) is 5.92 Å². The van der Waals surface area contributed by atoms with E-state index in [9.17, 15) is 9.18 Å². The van der Waals surface area contributed by atoms with Gasteiger partial charge >= 0.3 is 5.97 Å². The number of ether oxygens (including phenoxy) is 4. The Morgan fingerprint density at radius 3 is 2.46 bits per heavy atom. The second-order valence-corrected chi connectivity index (χ2v) is 10.0. The molecule has 2 aromatic rings. The molecule has 0 unspecified atom stereocenters. The first-order valence-electron chi connectivity index (χ1n) is 12.6. The summed E-state index contributed by atoms with van der Waals surface area (Å²) in [6, 6.07) is 11.0. The molecular weight excluding hydrogens is 497 g/mol. The fourth-order valence-corrected chi connectivity index (χ4v) is 5.51. The zero-order valence-electron chi connectivity index (χ0n) is 22.8. The van der Waals surface area contributed by atoms with Crippen molar-refractivity contribution in [2.75, 3.05) is 48.1 Å². The Bertz CT molecular complexity index is 1030. The molecule has 0 heterocycles. The maximum absolute atomic E-state index is 14.0. The molecule has 0 spiro atoms. The Hall–Kier alpha value is -2.35. The van der Waals surface area contributed by atoms with E-state index in [1.807, 2.05) is 18.2 Å². The average molecular weight is 538 g/mol. The third-order valence-corrected chi connectivity index (χ3v) is 7.22. The van der Waals surface area contributed by atoms with Crippen LogP contribution in [0.15, 0.2) is 36.4 Å². The van der Waals surface area contributed by atoms with E-state index in [0.717, 1.165) is 42.0 Å². The molecule has 1 aliphatic carbocycles. The molecule has 0 saturated carbocycles. The lowest BCUT2D eigenvalue weighted by Gasteiger charge is -2.47. The summed E-state index contributed by atoms with van der Waals surface area (Å²) in [6.07, 6.45) is 2.87. The predicted molar refractivity (Wildman–Crippen MR) is 146 cm³/mol. The van der Waals surface area contributed by atoms with Crippen LogP contribution in [0.5, 0.6) is 11.5 Å². The van der Waals surface area contributed by atoms with E-state index in [1.54, 1.807) is 20.3 Å². The molecule has 0 fully saturated rings. The number of aryl methyl sites for hydroxylation is 1. The minimum atomic E-state index is -0.674. The molecule has 3 rings (SSSR count). The van der Waals surface area contributed by atoms with Crippen molar-refractivity contribution in [1.29, 1.82) is 0 Å². The number of hydrogen-bond acceptors (Lipinski definition) is 6. The molecule has 37 heavy (non-hydrogen) atoms. The molecular formula is C29H41ClFNO5. The first-order valence-corrected chi connectivity index (χ1v) is 12.6. The van der Waals surface area contributed by atoms with Gasteiger partial charge in [0.25, 0.3) is 0 Å². The highest BCUT2D eigenvalue weighted by Crippen LogP contribution is 2.48. The zero-order valence-corrected chi connectivity index (χ0v) is 23.7. The fourth-order valence-electron chi connectivity index (χ4n) is 5.51. The van der Waals surface area contributed by atoms with Crippen molar-refractivity contribution >= 4 is 18.4 Å². The van der Waals surface area contributed by atoms with Crippen LogP contribution in [-0.4, -0.2) is 64.5 Å². The summed E-state index contributed by atoms with van der Waals surface area (Å²) in [4.78, 5) is 14.9. The van der Waals surface area contributed by atoms with Crippen molar-refractivity contribution in [3.63, 3.8) is 0 Å². The second kappa shape index (κ2) is 14.0. The normalized spacial score (nSPS) is 18.8. The number of halogens is 2. The summed E-state index contributed by atoms with van der Waals surface area (Å²) in [5.41, 5.74) is 2.57. The second-order valence-electron chi connectivity index (χ2n) is 10.0. The third-order valence-electron chi connectivity index (χ3n) is 7.22. The summed E-state index contributed by atoms with van der Waals surface area (Å²) >= 11 is 0. The molecule has 0 aliphatic heterocycles.